The molecule has 108 valence electrons. The molecule has 19 heavy (non-hydrogen) atoms. The van der Waals surface area contributed by atoms with Crippen molar-refractivity contribution < 1.29 is 4.39 Å². The van der Waals surface area contributed by atoms with Crippen molar-refractivity contribution >= 4 is 0 Å². The molecule has 0 heterocycles. The Morgan fingerprint density at radius 2 is 1.89 bits per heavy atom. The highest BCUT2D eigenvalue weighted by molar-refractivity contribution is 5.24. The molecule has 0 spiro atoms. The van der Waals surface area contributed by atoms with Crippen molar-refractivity contribution in [3.8, 4) is 0 Å². The third kappa shape index (κ3) is 4.92. The summed E-state index contributed by atoms with van der Waals surface area (Å²) in [4.78, 5) is 2.32. The maximum atomic E-state index is 14.0. The second-order valence-corrected chi connectivity index (χ2v) is 5.14. The second-order valence-electron chi connectivity index (χ2n) is 5.14. The van der Waals surface area contributed by atoms with Gasteiger partial charge in [-0.1, -0.05) is 45.7 Å². The highest BCUT2D eigenvalue weighted by Gasteiger charge is 2.12. The number of rotatable bonds is 8. The standard InChI is InChI=1S/C16H27FN2/c1-4-13(5-2)11-19(6-3)12-15-8-7-14(10-18)9-16(15)17/h7-9,13H,4-6,10-12,18H2,1-3H3. The van der Waals surface area contributed by atoms with Gasteiger partial charge in [-0.05, 0) is 24.1 Å². The third-order valence-electron chi connectivity index (χ3n) is 3.87. The van der Waals surface area contributed by atoms with Crippen molar-refractivity contribution in [1.29, 1.82) is 0 Å². The number of benzene rings is 1. The number of hydrogen-bond donors (Lipinski definition) is 1. The smallest absolute Gasteiger partial charge is 0.128 e. The van der Waals surface area contributed by atoms with E-state index < -0.39 is 0 Å². The van der Waals surface area contributed by atoms with Crippen LogP contribution in [0.4, 0.5) is 4.39 Å². The van der Waals surface area contributed by atoms with Crippen LogP contribution in [0.2, 0.25) is 0 Å². The summed E-state index contributed by atoms with van der Waals surface area (Å²) < 4.78 is 14.0. The van der Waals surface area contributed by atoms with Gasteiger partial charge in [-0.3, -0.25) is 4.90 Å². The van der Waals surface area contributed by atoms with Gasteiger partial charge < -0.3 is 5.73 Å². The first-order valence-corrected chi connectivity index (χ1v) is 7.34. The van der Waals surface area contributed by atoms with E-state index in [2.05, 4.69) is 25.7 Å². The van der Waals surface area contributed by atoms with Gasteiger partial charge >= 0.3 is 0 Å². The van der Waals surface area contributed by atoms with Gasteiger partial charge in [-0.2, -0.15) is 0 Å². The molecule has 3 heteroatoms. The van der Waals surface area contributed by atoms with Crippen molar-refractivity contribution in [3.05, 3.63) is 35.1 Å². The molecule has 0 saturated carbocycles. The normalized spacial score (nSPS) is 11.5. The Labute approximate surface area is 116 Å². The molecule has 0 bridgehead atoms. The largest absolute Gasteiger partial charge is 0.326 e. The molecule has 0 radical (unpaired) electrons. The Balaban J connectivity index is 2.70. The maximum Gasteiger partial charge on any atom is 0.128 e. The summed E-state index contributed by atoms with van der Waals surface area (Å²) in [5, 5.41) is 0. The fourth-order valence-corrected chi connectivity index (χ4v) is 2.30. The molecule has 0 atom stereocenters. The van der Waals surface area contributed by atoms with Gasteiger partial charge in [0.1, 0.15) is 5.82 Å². The van der Waals surface area contributed by atoms with Crippen LogP contribution in [-0.2, 0) is 13.1 Å². The van der Waals surface area contributed by atoms with Crippen molar-refractivity contribution in [1.82, 2.24) is 4.90 Å². The average Bonchev–Trinajstić information content (AvgIpc) is 2.44. The molecular weight excluding hydrogens is 239 g/mol. The van der Waals surface area contributed by atoms with Gasteiger partial charge in [0.15, 0.2) is 0 Å². The molecule has 0 aliphatic rings. The summed E-state index contributed by atoms with van der Waals surface area (Å²) in [6, 6.07) is 5.34. The third-order valence-corrected chi connectivity index (χ3v) is 3.87. The van der Waals surface area contributed by atoms with E-state index in [0.717, 1.165) is 24.2 Å². The highest BCUT2D eigenvalue weighted by Crippen LogP contribution is 2.16. The minimum Gasteiger partial charge on any atom is -0.326 e. The van der Waals surface area contributed by atoms with E-state index >= 15 is 0 Å². The molecule has 0 unspecified atom stereocenters. The van der Waals surface area contributed by atoms with Crippen molar-refractivity contribution in [2.45, 2.75) is 46.7 Å². The van der Waals surface area contributed by atoms with E-state index in [0.29, 0.717) is 19.0 Å². The van der Waals surface area contributed by atoms with Crippen LogP contribution in [0.3, 0.4) is 0 Å². The SMILES string of the molecule is CCC(CC)CN(CC)Cc1ccc(CN)cc1F. The first kappa shape index (κ1) is 16.1. The molecule has 1 aromatic carbocycles. The Kier molecular flexibility index (Phi) is 7.03. The maximum absolute atomic E-state index is 14.0. The molecule has 0 aliphatic heterocycles. The van der Waals surface area contributed by atoms with Crippen LogP contribution in [0.15, 0.2) is 18.2 Å². The van der Waals surface area contributed by atoms with E-state index in [1.807, 2.05) is 12.1 Å². The fraction of sp³-hybridized carbons (Fsp3) is 0.625. The molecule has 2 nitrogen and oxygen atoms in total. The highest BCUT2D eigenvalue weighted by atomic mass is 19.1. The van der Waals surface area contributed by atoms with Crippen molar-refractivity contribution in [3.63, 3.8) is 0 Å². The molecule has 0 fully saturated rings. The Morgan fingerprint density at radius 1 is 1.21 bits per heavy atom. The lowest BCUT2D eigenvalue weighted by atomic mass is 10.0. The minimum atomic E-state index is -0.133. The van der Waals surface area contributed by atoms with Crippen LogP contribution in [-0.4, -0.2) is 18.0 Å². The number of hydrogen-bond acceptors (Lipinski definition) is 2. The molecule has 0 amide bonds. The van der Waals surface area contributed by atoms with Crippen molar-refractivity contribution in [2.75, 3.05) is 13.1 Å². The zero-order valence-corrected chi connectivity index (χ0v) is 12.5. The second kappa shape index (κ2) is 8.28. The van der Waals surface area contributed by atoms with Crippen LogP contribution < -0.4 is 5.73 Å². The molecule has 0 saturated heterocycles. The Hall–Kier alpha value is -0.930. The van der Waals surface area contributed by atoms with Crippen LogP contribution in [0.1, 0.15) is 44.7 Å². The van der Waals surface area contributed by atoms with Crippen LogP contribution >= 0.6 is 0 Å². The van der Waals surface area contributed by atoms with Crippen LogP contribution in [0.5, 0.6) is 0 Å². The number of nitrogens with two attached hydrogens (primary N) is 1. The molecular formula is C16H27FN2. The summed E-state index contributed by atoms with van der Waals surface area (Å²) in [6.07, 6.45) is 2.36. The monoisotopic (exact) mass is 266 g/mol. The fourth-order valence-electron chi connectivity index (χ4n) is 2.30. The van der Waals surface area contributed by atoms with E-state index in [4.69, 9.17) is 5.73 Å². The summed E-state index contributed by atoms with van der Waals surface area (Å²) in [7, 11) is 0. The summed E-state index contributed by atoms with van der Waals surface area (Å²) in [6.45, 7) is 9.65. The Bertz CT molecular complexity index is 375. The predicted octanol–water partition coefficient (Wildman–Crippen LogP) is 3.54. The molecule has 1 aromatic rings. The number of nitrogens with zero attached hydrogens (tertiary/aromatic N) is 1. The predicted molar refractivity (Wildman–Crippen MR) is 79.3 cm³/mol. The lowest BCUT2D eigenvalue weighted by Gasteiger charge is -2.25. The first-order chi connectivity index (χ1) is 9.14. The summed E-state index contributed by atoms with van der Waals surface area (Å²) in [5.74, 6) is 0.567. The Morgan fingerprint density at radius 3 is 2.37 bits per heavy atom. The topological polar surface area (TPSA) is 29.3 Å². The van der Waals surface area contributed by atoms with Gasteiger partial charge in [0, 0.05) is 25.2 Å². The van der Waals surface area contributed by atoms with E-state index in [-0.39, 0.29) is 5.82 Å². The number of halogens is 1. The average molecular weight is 266 g/mol. The summed E-state index contributed by atoms with van der Waals surface area (Å²) in [5.41, 5.74) is 7.14. The lowest BCUT2D eigenvalue weighted by molar-refractivity contribution is 0.223. The van der Waals surface area contributed by atoms with Crippen LogP contribution in [0.25, 0.3) is 0 Å². The van der Waals surface area contributed by atoms with Gasteiger partial charge in [0.2, 0.25) is 0 Å². The van der Waals surface area contributed by atoms with E-state index in [1.165, 1.54) is 12.8 Å². The lowest BCUT2D eigenvalue weighted by Crippen LogP contribution is -2.29. The van der Waals surface area contributed by atoms with Gasteiger partial charge in [0.05, 0.1) is 0 Å². The van der Waals surface area contributed by atoms with Gasteiger partial charge in [0.25, 0.3) is 0 Å². The quantitative estimate of drug-likeness (QED) is 0.779. The molecule has 2 N–H and O–H groups in total. The van der Waals surface area contributed by atoms with E-state index in [9.17, 15) is 4.39 Å². The van der Waals surface area contributed by atoms with Gasteiger partial charge in [-0.25, -0.2) is 4.39 Å². The van der Waals surface area contributed by atoms with Crippen LogP contribution in [0, 0.1) is 11.7 Å². The van der Waals surface area contributed by atoms with Crippen molar-refractivity contribution in [2.24, 2.45) is 11.7 Å². The zero-order valence-electron chi connectivity index (χ0n) is 12.5. The first-order valence-electron chi connectivity index (χ1n) is 7.34. The van der Waals surface area contributed by atoms with E-state index in [1.54, 1.807) is 6.07 Å². The molecule has 0 aliphatic carbocycles. The minimum absolute atomic E-state index is 0.133. The summed E-state index contributed by atoms with van der Waals surface area (Å²) >= 11 is 0. The molecule has 1 rings (SSSR count). The molecule has 0 aromatic heterocycles. The zero-order chi connectivity index (χ0) is 14.3. The van der Waals surface area contributed by atoms with Gasteiger partial charge in [-0.15, -0.1) is 0 Å².